The molecule has 0 aliphatic carbocycles. The van der Waals surface area contributed by atoms with Crippen molar-refractivity contribution in [3.63, 3.8) is 0 Å². The van der Waals surface area contributed by atoms with E-state index in [2.05, 4.69) is 5.32 Å². The fraction of sp³-hybridized carbons (Fsp3) is 0.300. The van der Waals surface area contributed by atoms with Crippen LogP contribution in [0.25, 0.3) is 0 Å². The van der Waals surface area contributed by atoms with Crippen LogP contribution in [-0.4, -0.2) is 25.0 Å². The molecule has 0 saturated heterocycles. The summed E-state index contributed by atoms with van der Waals surface area (Å²) in [5.74, 6) is -0.141. The van der Waals surface area contributed by atoms with Crippen molar-refractivity contribution in [3.8, 4) is 0 Å². The Morgan fingerprint density at radius 3 is 2.24 bits per heavy atom. The van der Waals surface area contributed by atoms with Crippen molar-refractivity contribution in [1.82, 2.24) is 5.32 Å². The molecule has 0 radical (unpaired) electrons. The Kier molecular flexibility index (Phi) is 7.48. The second-order valence-corrected chi connectivity index (χ2v) is 6.05. The highest BCUT2D eigenvalue weighted by Crippen LogP contribution is 2.09. The fourth-order valence-corrected chi connectivity index (χ4v) is 2.68. The lowest BCUT2D eigenvalue weighted by Gasteiger charge is -2.16. The Labute approximate surface area is 153 Å². The normalized spacial score (nSPS) is 11.6. The SMILES string of the molecule is COC(=O)[C@H](Cc1ccccc1)NC(=O)CCc1ccc(CCl)cc1. The van der Waals surface area contributed by atoms with Crippen LogP contribution in [0.4, 0.5) is 0 Å². The van der Waals surface area contributed by atoms with E-state index in [1.54, 1.807) is 0 Å². The Bertz CT molecular complexity index is 686. The van der Waals surface area contributed by atoms with Gasteiger partial charge in [-0.25, -0.2) is 4.79 Å². The molecule has 2 aromatic rings. The van der Waals surface area contributed by atoms with Crippen molar-refractivity contribution in [2.24, 2.45) is 0 Å². The molecule has 0 heterocycles. The van der Waals surface area contributed by atoms with Gasteiger partial charge in [0.05, 0.1) is 7.11 Å². The van der Waals surface area contributed by atoms with Crippen molar-refractivity contribution in [2.75, 3.05) is 7.11 Å². The number of hydrogen-bond donors (Lipinski definition) is 1. The minimum Gasteiger partial charge on any atom is -0.467 e. The second kappa shape index (κ2) is 9.84. The fourth-order valence-electron chi connectivity index (χ4n) is 2.50. The highest BCUT2D eigenvalue weighted by molar-refractivity contribution is 6.17. The van der Waals surface area contributed by atoms with Gasteiger partial charge in [0.15, 0.2) is 0 Å². The standard InChI is InChI=1S/C20H22ClNO3/c1-25-20(24)18(13-16-5-3-2-4-6-16)22-19(23)12-11-15-7-9-17(14-21)10-8-15/h2-10,18H,11-14H2,1H3,(H,22,23)/t18-/m0/s1. The van der Waals surface area contributed by atoms with Gasteiger partial charge in [-0.2, -0.15) is 0 Å². The third-order valence-corrected chi connectivity index (χ3v) is 4.23. The van der Waals surface area contributed by atoms with Gasteiger partial charge in [-0.15, -0.1) is 11.6 Å². The highest BCUT2D eigenvalue weighted by Gasteiger charge is 2.21. The monoisotopic (exact) mass is 359 g/mol. The minimum atomic E-state index is -0.682. The van der Waals surface area contributed by atoms with Gasteiger partial charge in [0.2, 0.25) is 5.91 Å². The first-order chi connectivity index (χ1) is 12.1. The summed E-state index contributed by atoms with van der Waals surface area (Å²) in [5, 5.41) is 2.77. The molecule has 132 valence electrons. The molecule has 0 unspecified atom stereocenters. The maximum absolute atomic E-state index is 12.2. The predicted molar refractivity (Wildman–Crippen MR) is 98.4 cm³/mol. The molecule has 1 N–H and O–H groups in total. The molecular weight excluding hydrogens is 338 g/mol. The number of amides is 1. The maximum atomic E-state index is 12.2. The van der Waals surface area contributed by atoms with E-state index >= 15 is 0 Å². The summed E-state index contributed by atoms with van der Waals surface area (Å²) in [4.78, 5) is 24.2. The molecule has 1 amide bonds. The zero-order valence-electron chi connectivity index (χ0n) is 14.2. The minimum absolute atomic E-state index is 0.173. The lowest BCUT2D eigenvalue weighted by molar-refractivity contribution is -0.145. The Hall–Kier alpha value is -2.33. The first-order valence-electron chi connectivity index (χ1n) is 8.17. The zero-order valence-corrected chi connectivity index (χ0v) is 15.0. The molecule has 0 aliphatic rings. The number of esters is 1. The molecule has 4 nitrogen and oxygen atoms in total. The molecule has 25 heavy (non-hydrogen) atoms. The molecule has 2 aromatic carbocycles. The van der Waals surface area contributed by atoms with E-state index in [0.29, 0.717) is 25.1 Å². The van der Waals surface area contributed by atoms with E-state index in [1.807, 2.05) is 54.6 Å². The Morgan fingerprint density at radius 1 is 1.00 bits per heavy atom. The maximum Gasteiger partial charge on any atom is 0.328 e. The number of aryl methyl sites for hydroxylation is 1. The molecule has 0 aromatic heterocycles. The third-order valence-electron chi connectivity index (χ3n) is 3.92. The molecule has 0 fully saturated rings. The molecule has 1 atom stereocenters. The summed E-state index contributed by atoms with van der Waals surface area (Å²) >= 11 is 5.77. The molecule has 2 rings (SSSR count). The number of carbonyl (C=O) groups excluding carboxylic acids is 2. The molecule has 0 bridgehead atoms. The lowest BCUT2D eigenvalue weighted by Crippen LogP contribution is -2.43. The van der Waals surface area contributed by atoms with Crippen LogP contribution in [0.2, 0.25) is 0 Å². The predicted octanol–water partition coefficient (Wildman–Crippen LogP) is 3.26. The largest absolute Gasteiger partial charge is 0.467 e. The molecule has 0 saturated carbocycles. The van der Waals surface area contributed by atoms with Gasteiger partial charge in [0.1, 0.15) is 6.04 Å². The number of carbonyl (C=O) groups is 2. The van der Waals surface area contributed by atoms with Crippen molar-refractivity contribution in [2.45, 2.75) is 31.2 Å². The van der Waals surface area contributed by atoms with E-state index in [4.69, 9.17) is 16.3 Å². The first kappa shape index (κ1) is 19.0. The van der Waals surface area contributed by atoms with E-state index in [1.165, 1.54) is 7.11 Å². The molecule has 5 heteroatoms. The third kappa shape index (κ3) is 6.24. The number of halogens is 1. The van der Waals surface area contributed by atoms with E-state index in [0.717, 1.165) is 16.7 Å². The molecular formula is C20H22ClNO3. The summed E-state index contributed by atoms with van der Waals surface area (Å²) in [7, 11) is 1.32. The van der Waals surface area contributed by atoms with E-state index < -0.39 is 12.0 Å². The number of hydrogen-bond acceptors (Lipinski definition) is 3. The number of rotatable bonds is 8. The van der Waals surface area contributed by atoms with Crippen molar-refractivity contribution in [1.29, 1.82) is 0 Å². The van der Waals surface area contributed by atoms with E-state index in [9.17, 15) is 9.59 Å². The Morgan fingerprint density at radius 2 is 1.64 bits per heavy atom. The van der Waals surface area contributed by atoms with Crippen LogP contribution in [0.5, 0.6) is 0 Å². The number of methoxy groups -OCH3 is 1. The van der Waals surface area contributed by atoms with Crippen LogP contribution in [0, 0.1) is 0 Å². The van der Waals surface area contributed by atoms with Gasteiger partial charge in [0.25, 0.3) is 0 Å². The second-order valence-electron chi connectivity index (χ2n) is 5.78. The summed E-state index contributed by atoms with van der Waals surface area (Å²) in [6.45, 7) is 0. The summed E-state index contributed by atoms with van der Waals surface area (Å²) in [6.07, 6.45) is 1.32. The first-order valence-corrected chi connectivity index (χ1v) is 8.70. The van der Waals surface area contributed by atoms with Crippen LogP contribution in [-0.2, 0) is 33.0 Å². The summed E-state index contributed by atoms with van der Waals surface area (Å²) in [6, 6.07) is 16.7. The lowest BCUT2D eigenvalue weighted by atomic mass is 10.0. The van der Waals surface area contributed by atoms with Crippen LogP contribution in [0.3, 0.4) is 0 Å². The number of nitrogens with one attached hydrogen (secondary N) is 1. The zero-order chi connectivity index (χ0) is 18.1. The Balaban J connectivity index is 1.90. The summed E-state index contributed by atoms with van der Waals surface area (Å²) < 4.78 is 4.81. The van der Waals surface area contributed by atoms with Gasteiger partial charge in [-0.1, -0.05) is 54.6 Å². The van der Waals surface area contributed by atoms with Gasteiger partial charge < -0.3 is 10.1 Å². The number of benzene rings is 2. The number of alkyl halides is 1. The van der Waals surface area contributed by atoms with Gasteiger partial charge >= 0.3 is 5.97 Å². The van der Waals surface area contributed by atoms with Crippen molar-refractivity contribution < 1.29 is 14.3 Å². The van der Waals surface area contributed by atoms with Crippen molar-refractivity contribution >= 4 is 23.5 Å². The van der Waals surface area contributed by atoms with Crippen LogP contribution in [0.1, 0.15) is 23.1 Å². The quantitative estimate of drug-likeness (QED) is 0.581. The van der Waals surface area contributed by atoms with Crippen LogP contribution in [0.15, 0.2) is 54.6 Å². The van der Waals surface area contributed by atoms with Crippen LogP contribution >= 0.6 is 11.6 Å². The average Bonchev–Trinajstić information content (AvgIpc) is 2.66. The van der Waals surface area contributed by atoms with Crippen molar-refractivity contribution in [3.05, 3.63) is 71.3 Å². The van der Waals surface area contributed by atoms with Gasteiger partial charge in [-0.3, -0.25) is 4.79 Å². The highest BCUT2D eigenvalue weighted by atomic mass is 35.5. The van der Waals surface area contributed by atoms with Gasteiger partial charge in [0, 0.05) is 18.7 Å². The molecule has 0 spiro atoms. The number of ether oxygens (including phenoxy) is 1. The van der Waals surface area contributed by atoms with E-state index in [-0.39, 0.29) is 5.91 Å². The van der Waals surface area contributed by atoms with Crippen LogP contribution < -0.4 is 5.32 Å². The van der Waals surface area contributed by atoms with Gasteiger partial charge in [-0.05, 0) is 23.1 Å². The molecule has 0 aliphatic heterocycles. The summed E-state index contributed by atoms with van der Waals surface area (Å²) in [5.41, 5.74) is 3.07. The smallest absolute Gasteiger partial charge is 0.328 e. The topological polar surface area (TPSA) is 55.4 Å². The average molecular weight is 360 g/mol.